The Morgan fingerprint density at radius 2 is 1.81 bits per heavy atom. The number of aromatic nitrogens is 2. The average molecular weight is 289 g/mol. The van der Waals surface area contributed by atoms with Crippen molar-refractivity contribution in [3.63, 3.8) is 0 Å². The Bertz CT molecular complexity index is 502. The third-order valence-corrected chi connectivity index (χ3v) is 4.58. The van der Waals surface area contributed by atoms with Gasteiger partial charge in [-0.25, -0.2) is 9.97 Å². The average Bonchev–Trinajstić information content (AvgIpc) is 3.26. The number of nitrogens with zero attached hydrogens (tertiary/aromatic N) is 4. The van der Waals surface area contributed by atoms with Crippen LogP contribution in [0.1, 0.15) is 44.0 Å². The van der Waals surface area contributed by atoms with Gasteiger partial charge in [0.25, 0.3) is 0 Å². The van der Waals surface area contributed by atoms with Crippen LogP contribution < -0.4 is 10.6 Å². The fraction of sp³-hybridized carbons (Fsp3) is 0.750. The Morgan fingerprint density at radius 1 is 1.14 bits per heavy atom. The van der Waals surface area contributed by atoms with Crippen molar-refractivity contribution in [1.29, 1.82) is 0 Å². The van der Waals surface area contributed by atoms with Gasteiger partial charge in [-0.15, -0.1) is 0 Å². The molecule has 5 nitrogen and oxygen atoms in total. The maximum absolute atomic E-state index is 6.08. The van der Waals surface area contributed by atoms with Crippen LogP contribution >= 0.6 is 0 Å². The highest BCUT2D eigenvalue weighted by Gasteiger charge is 2.27. The summed E-state index contributed by atoms with van der Waals surface area (Å²) in [5.41, 5.74) is 7.10. The molecule has 0 spiro atoms. The van der Waals surface area contributed by atoms with Crippen molar-refractivity contribution in [3.05, 3.63) is 11.4 Å². The minimum Gasteiger partial charge on any atom is -0.383 e. The zero-order valence-corrected chi connectivity index (χ0v) is 13.5. The van der Waals surface area contributed by atoms with E-state index in [0.29, 0.717) is 11.7 Å². The molecule has 0 radical (unpaired) electrons. The van der Waals surface area contributed by atoms with Gasteiger partial charge < -0.3 is 10.6 Å². The molecule has 1 saturated heterocycles. The van der Waals surface area contributed by atoms with Crippen molar-refractivity contribution in [2.24, 2.45) is 5.92 Å². The summed E-state index contributed by atoms with van der Waals surface area (Å²) in [5.74, 6) is 3.80. The van der Waals surface area contributed by atoms with Crippen LogP contribution in [0.3, 0.4) is 0 Å². The molecule has 0 atom stereocenters. The zero-order chi connectivity index (χ0) is 15.0. The van der Waals surface area contributed by atoms with E-state index >= 15 is 0 Å². The quantitative estimate of drug-likeness (QED) is 0.919. The van der Waals surface area contributed by atoms with Crippen LogP contribution in [0.4, 0.5) is 11.6 Å². The molecule has 1 aromatic heterocycles. The van der Waals surface area contributed by atoms with Gasteiger partial charge in [-0.3, -0.25) is 4.90 Å². The van der Waals surface area contributed by atoms with Crippen molar-refractivity contribution in [1.82, 2.24) is 14.9 Å². The third kappa shape index (κ3) is 3.28. The largest absolute Gasteiger partial charge is 0.383 e. The first-order chi connectivity index (χ1) is 10.0. The number of hydrogen-bond acceptors (Lipinski definition) is 5. The summed E-state index contributed by atoms with van der Waals surface area (Å²) in [6.45, 7) is 11.9. The lowest BCUT2D eigenvalue weighted by Gasteiger charge is -2.36. The Labute approximate surface area is 127 Å². The Hall–Kier alpha value is -1.36. The van der Waals surface area contributed by atoms with Gasteiger partial charge in [0.1, 0.15) is 17.5 Å². The molecule has 0 aromatic carbocycles. The molecule has 1 aliphatic carbocycles. The SMILES string of the molecule is Cc1c(N)nc(C(C)C)nc1N1CCN(CC2CC2)CC1. The standard InChI is InChI=1S/C16H27N5/c1-11(2)15-18-14(17)12(3)16(19-15)21-8-6-20(7-9-21)10-13-4-5-13/h11,13H,4-10H2,1-3H3,(H2,17,18,19). The van der Waals surface area contributed by atoms with E-state index in [9.17, 15) is 0 Å². The second-order valence-electron chi connectivity index (χ2n) is 6.80. The van der Waals surface area contributed by atoms with Gasteiger partial charge in [-0.1, -0.05) is 13.8 Å². The highest BCUT2D eigenvalue weighted by atomic mass is 15.3. The highest BCUT2D eigenvalue weighted by Crippen LogP contribution is 2.30. The summed E-state index contributed by atoms with van der Waals surface area (Å²) in [6, 6.07) is 0. The molecule has 116 valence electrons. The number of piperazine rings is 1. The summed E-state index contributed by atoms with van der Waals surface area (Å²) in [6.07, 6.45) is 2.86. The van der Waals surface area contributed by atoms with Gasteiger partial charge in [0.05, 0.1) is 0 Å². The first kappa shape index (κ1) is 14.6. The van der Waals surface area contributed by atoms with Crippen LogP contribution in [0.15, 0.2) is 0 Å². The number of nitrogen functional groups attached to an aromatic ring is 1. The van der Waals surface area contributed by atoms with Gasteiger partial charge in [0, 0.05) is 44.2 Å². The molecule has 2 heterocycles. The fourth-order valence-electron chi connectivity index (χ4n) is 2.91. The van der Waals surface area contributed by atoms with Crippen LogP contribution in [0.5, 0.6) is 0 Å². The number of nitrogens with two attached hydrogens (primary N) is 1. The van der Waals surface area contributed by atoms with E-state index in [4.69, 9.17) is 10.7 Å². The Morgan fingerprint density at radius 3 is 2.38 bits per heavy atom. The first-order valence-electron chi connectivity index (χ1n) is 8.16. The fourth-order valence-corrected chi connectivity index (χ4v) is 2.91. The smallest absolute Gasteiger partial charge is 0.137 e. The number of hydrogen-bond donors (Lipinski definition) is 1. The summed E-state index contributed by atoms with van der Waals surface area (Å²) in [7, 11) is 0. The van der Waals surface area contributed by atoms with Crippen molar-refractivity contribution in [2.75, 3.05) is 43.4 Å². The molecule has 0 amide bonds. The molecule has 1 aromatic rings. The van der Waals surface area contributed by atoms with Gasteiger partial charge in [0.15, 0.2) is 0 Å². The predicted octanol–water partition coefficient (Wildman–Crippen LogP) is 2.02. The second-order valence-corrected chi connectivity index (χ2v) is 6.80. The lowest BCUT2D eigenvalue weighted by Crippen LogP contribution is -2.47. The monoisotopic (exact) mass is 289 g/mol. The van der Waals surface area contributed by atoms with Crippen LogP contribution in [0, 0.1) is 12.8 Å². The van der Waals surface area contributed by atoms with Crippen molar-refractivity contribution >= 4 is 11.6 Å². The summed E-state index contributed by atoms with van der Waals surface area (Å²) >= 11 is 0. The topological polar surface area (TPSA) is 58.3 Å². The van der Waals surface area contributed by atoms with E-state index in [1.54, 1.807) is 0 Å². The zero-order valence-electron chi connectivity index (χ0n) is 13.5. The molecule has 1 aliphatic heterocycles. The third-order valence-electron chi connectivity index (χ3n) is 4.58. The van der Waals surface area contributed by atoms with E-state index in [0.717, 1.165) is 49.3 Å². The molecule has 2 N–H and O–H groups in total. The highest BCUT2D eigenvalue weighted by molar-refractivity contribution is 5.57. The van der Waals surface area contributed by atoms with Crippen molar-refractivity contribution < 1.29 is 0 Å². The number of rotatable bonds is 4. The van der Waals surface area contributed by atoms with Gasteiger partial charge in [-0.2, -0.15) is 0 Å². The Balaban J connectivity index is 1.71. The predicted molar refractivity (Wildman–Crippen MR) is 86.6 cm³/mol. The molecule has 1 saturated carbocycles. The maximum Gasteiger partial charge on any atom is 0.137 e. The minimum absolute atomic E-state index is 0.308. The summed E-state index contributed by atoms with van der Waals surface area (Å²) in [4.78, 5) is 14.2. The van der Waals surface area contributed by atoms with Gasteiger partial charge in [-0.05, 0) is 25.7 Å². The summed E-state index contributed by atoms with van der Waals surface area (Å²) < 4.78 is 0. The van der Waals surface area contributed by atoms with E-state index in [2.05, 4.69) is 28.6 Å². The first-order valence-corrected chi connectivity index (χ1v) is 8.16. The van der Waals surface area contributed by atoms with E-state index in [1.165, 1.54) is 19.4 Å². The molecule has 3 rings (SSSR count). The molecule has 2 fully saturated rings. The molecule has 0 bridgehead atoms. The second kappa shape index (κ2) is 5.79. The minimum atomic E-state index is 0.308. The Kier molecular flexibility index (Phi) is 4.02. The van der Waals surface area contributed by atoms with E-state index in [-0.39, 0.29) is 0 Å². The van der Waals surface area contributed by atoms with Crippen LogP contribution in [-0.4, -0.2) is 47.6 Å². The summed E-state index contributed by atoms with van der Waals surface area (Å²) in [5, 5.41) is 0. The van der Waals surface area contributed by atoms with Crippen molar-refractivity contribution in [2.45, 2.75) is 39.5 Å². The van der Waals surface area contributed by atoms with E-state index in [1.807, 2.05) is 6.92 Å². The lowest BCUT2D eigenvalue weighted by molar-refractivity contribution is 0.247. The van der Waals surface area contributed by atoms with Crippen LogP contribution in [0.25, 0.3) is 0 Å². The number of anilines is 2. The van der Waals surface area contributed by atoms with Crippen molar-refractivity contribution in [3.8, 4) is 0 Å². The molecule has 2 aliphatic rings. The van der Waals surface area contributed by atoms with Gasteiger partial charge >= 0.3 is 0 Å². The van der Waals surface area contributed by atoms with Crippen LogP contribution in [0.2, 0.25) is 0 Å². The van der Waals surface area contributed by atoms with Gasteiger partial charge in [0.2, 0.25) is 0 Å². The lowest BCUT2D eigenvalue weighted by atomic mass is 10.2. The molecule has 21 heavy (non-hydrogen) atoms. The molecular formula is C16H27N5. The molecule has 5 heteroatoms. The van der Waals surface area contributed by atoms with Crippen LogP contribution in [-0.2, 0) is 0 Å². The maximum atomic E-state index is 6.08. The molecule has 0 unspecified atom stereocenters. The molecular weight excluding hydrogens is 262 g/mol. The normalized spacial score (nSPS) is 20.3. The van der Waals surface area contributed by atoms with E-state index < -0.39 is 0 Å².